The summed E-state index contributed by atoms with van der Waals surface area (Å²) in [5, 5.41) is 5.89. The zero-order valence-corrected chi connectivity index (χ0v) is 16.7. The molecule has 3 aromatic carbocycles. The Morgan fingerprint density at radius 3 is 2.44 bits per heavy atom. The Bertz CT molecular complexity index is 930. The maximum Gasteiger partial charge on any atom is 0.257 e. The van der Waals surface area contributed by atoms with Gasteiger partial charge in [0.2, 0.25) is 0 Å². The lowest BCUT2D eigenvalue weighted by Crippen LogP contribution is -2.34. The Labute approximate surface area is 171 Å². The molecule has 0 saturated carbocycles. The molecule has 0 atom stereocenters. The molecule has 0 bridgehead atoms. The summed E-state index contributed by atoms with van der Waals surface area (Å²) < 4.78 is 6.73. The molecule has 4 nitrogen and oxygen atoms in total. The third kappa shape index (κ3) is 5.91. The average molecular weight is 441 g/mol. The van der Waals surface area contributed by atoms with E-state index >= 15 is 0 Å². The fourth-order valence-corrected chi connectivity index (χ4v) is 2.81. The first kappa shape index (κ1) is 19.1. The number of benzene rings is 3. The van der Waals surface area contributed by atoms with E-state index in [1.165, 1.54) is 0 Å². The Balaban J connectivity index is 1.57. The zero-order valence-electron chi connectivity index (χ0n) is 14.3. The van der Waals surface area contributed by atoms with Gasteiger partial charge in [-0.3, -0.25) is 10.1 Å². The molecule has 0 radical (unpaired) electrons. The van der Waals surface area contributed by atoms with Crippen LogP contribution >= 0.6 is 28.1 Å². The highest BCUT2D eigenvalue weighted by atomic mass is 79.9. The number of rotatable bonds is 5. The number of nitrogens with one attached hydrogen (secondary N) is 2. The molecule has 1 amide bonds. The van der Waals surface area contributed by atoms with Crippen molar-refractivity contribution >= 4 is 44.9 Å². The largest absolute Gasteiger partial charge is 0.489 e. The number of hydrogen-bond donors (Lipinski definition) is 2. The summed E-state index contributed by atoms with van der Waals surface area (Å²) in [6.07, 6.45) is 0. The first-order valence-corrected chi connectivity index (χ1v) is 9.45. The van der Waals surface area contributed by atoms with Gasteiger partial charge in [-0.05, 0) is 60.2 Å². The van der Waals surface area contributed by atoms with Crippen molar-refractivity contribution in [1.82, 2.24) is 5.32 Å². The van der Waals surface area contributed by atoms with Crippen LogP contribution in [0.25, 0.3) is 0 Å². The summed E-state index contributed by atoms with van der Waals surface area (Å²) in [7, 11) is 0. The number of thiocarbonyl (C=S) groups is 1. The molecule has 0 fully saturated rings. The molecule has 0 aliphatic heterocycles. The first-order chi connectivity index (χ1) is 13.1. The van der Waals surface area contributed by atoms with Crippen LogP contribution in [0.3, 0.4) is 0 Å². The highest BCUT2D eigenvalue weighted by Crippen LogP contribution is 2.16. The van der Waals surface area contributed by atoms with Gasteiger partial charge >= 0.3 is 0 Å². The van der Waals surface area contributed by atoms with Crippen LogP contribution < -0.4 is 15.4 Å². The molecule has 3 aromatic rings. The Morgan fingerprint density at radius 2 is 1.70 bits per heavy atom. The summed E-state index contributed by atoms with van der Waals surface area (Å²) in [5.74, 6) is 0.327. The van der Waals surface area contributed by atoms with Crippen molar-refractivity contribution in [3.8, 4) is 5.75 Å². The highest BCUT2D eigenvalue weighted by Gasteiger charge is 2.09. The van der Waals surface area contributed by atoms with E-state index in [2.05, 4.69) is 26.6 Å². The van der Waals surface area contributed by atoms with E-state index in [4.69, 9.17) is 17.0 Å². The van der Waals surface area contributed by atoms with E-state index < -0.39 is 0 Å². The summed E-state index contributed by atoms with van der Waals surface area (Å²) in [6, 6.07) is 24.4. The average Bonchev–Trinajstić information content (AvgIpc) is 2.69. The Kier molecular flexibility index (Phi) is 6.57. The third-order valence-corrected chi connectivity index (χ3v) is 4.41. The maximum atomic E-state index is 12.4. The molecule has 0 aliphatic carbocycles. The molecule has 6 heteroatoms. The molecule has 3 rings (SSSR count). The molecule has 0 saturated heterocycles. The number of carbonyl (C=O) groups is 1. The molecular weight excluding hydrogens is 424 g/mol. The second-order valence-corrected chi connectivity index (χ2v) is 7.04. The van der Waals surface area contributed by atoms with E-state index in [-0.39, 0.29) is 11.0 Å². The van der Waals surface area contributed by atoms with Crippen molar-refractivity contribution in [2.45, 2.75) is 6.61 Å². The second kappa shape index (κ2) is 9.30. The van der Waals surface area contributed by atoms with E-state index in [0.717, 1.165) is 15.7 Å². The van der Waals surface area contributed by atoms with E-state index in [0.29, 0.717) is 17.9 Å². The van der Waals surface area contributed by atoms with Crippen LogP contribution in [0.5, 0.6) is 5.75 Å². The van der Waals surface area contributed by atoms with Crippen molar-refractivity contribution in [3.05, 3.63) is 94.5 Å². The zero-order chi connectivity index (χ0) is 19.1. The van der Waals surface area contributed by atoms with Gasteiger partial charge in [-0.25, -0.2) is 0 Å². The number of anilines is 1. The fraction of sp³-hybridized carbons (Fsp3) is 0.0476. The molecule has 2 N–H and O–H groups in total. The van der Waals surface area contributed by atoms with Gasteiger partial charge in [0.25, 0.3) is 5.91 Å². The van der Waals surface area contributed by atoms with Crippen molar-refractivity contribution in [2.24, 2.45) is 0 Å². The molecule has 27 heavy (non-hydrogen) atoms. The minimum Gasteiger partial charge on any atom is -0.489 e. The number of hydrogen-bond acceptors (Lipinski definition) is 3. The molecule has 0 aromatic heterocycles. The molecular formula is C21H17BrN2O2S. The van der Waals surface area contributed by atoms with Crippen molar-refractivity contribution in [2.75, 3.05) is 5.32 Å². The van der Waals surface area contributed by atoms with Crippen LogP contribution in [0, 0.1) is 0 Å². The van der Waals surface area contributed by atoms with Crippen LogP contribution in [-0.4, -0.2) is 11.0 Å². The van der Waals surface area contributed by atoms with Gasteiger partial charge in [0.15, 0.2) is 5.11 Å². The topological polar surface area (TPSA) is 50.4 Å². The lowest BCUT2D eigenvalue weighted by atomic mass is 10.2. The standard InChI is InChI=1S/C21H17BrN2O2S/c22-17-9-11-18(12-10-17)23-21(27)24-20(25)16-7-4-8-19(13-16)26-14-15-5-2-1-3-6-15/h1-13H,14H2,(H2,23,24,25,27). The summed E-state index contributed by atoms with van der Waals surface area (Å²) in [5.41, 5.74) is 2.33. The van der Waals surface area contributed by atoms with Crippen LogP contribution in [0.4, 0.5) is 5.69 Å². The molecule has 0 heterocycles. The summed E-state index contributed by atoms with van der Waals surface area (Å²) in [4.78, 5) is 12.4. The lowest BCUT2D eigenvalue weighted by Gasteiger charge is -2.11. The van der Waals surface area contributed by atoms with Crippen molar-refractivity contribution < 1.29 is 9.53 Å². The minimum absolute atomic E-state index is 0.234. The first-order valence-electron chi connectivity index (χ1n) is 8.25. The molecule has 136 valence electrons. The number of ether oxygens (including phenoxy) is 1. The predicted molar refractivity (Wildman–Crippen MR) is 115 cm³/mol. The number of amides is 1. The highest BCUT2D eigenvalue weighted by molar-refractivity contribution is 9.10. The SMILES string of the molecule is O=C(NC(=S)Nc1ccc(Br)cc1)c1cccc(OCc2ccccc2)c1. The van der Waals surface area contributed by atoms with Gasteiger partial charge in [0, 0.05) is 15.7 Å². The third-order valence-electron chi connectivity index (χ3n) is 3.67. The number of carbonyl (C=O) groups excluding carboxylic acids is 1. The normalized spacial score (nSPS) is 10.1. The minimum atomic E-state index is -0.297. The van der Waals surface area contributed by atoms with Crippen LogP contribution in [0.15, 0.2) is 83.3 Å². The van der Waals surface area contributed by atoms with E-state index in [9.17, 15) is 4.79 Å². The van der Waals surface area contributed by atoms with Crippen LogP contribution in [-0.2, 0) is 6.61 Å². The van der Waals surface area contributed by atoms with E-state index in [1.54, 1.807) is 18.2 Å². The summed E-state index contributed by atoms with van der Waals surface area (Å²) in [6.45, 7) is 0.440. The van der Waals surface area contributed by atoms with Gasteiger partial charge in [0.1, 0.15) is 12.4 Å². The van der Waals surface area contributed by atoms with Gasteiger partial charge in [-0.2, -0.15) is 0 Å². The molecule has 0 spiro atoms. The van der Waals surface area contributed by atoms with Gasteiger partial charge < -0.3 is 10.1 Å². The van der Waals surface area contributed by atoms with Gasteiger partial charge in [0.05, 0.1) is 0 Å². The van der Waals surface area contributed by atoms with E-state index in [1.807, 2.05) is 60.7 Å². The molecule has 0 unspecified atom stereocenters. The van der Waals surface area contributed by atoms with Gasteiger partial charge in [-0.15, -0.1) is 0 Å². The van der Waals surface area contributed by atoms with Crippen LogP contribution in [0.2, 0.25) is 0 Å². The predicted octanol–water partition coefficient (Wildman–Crippen LogP) is 5.15. The van der Waals surface area contributed by atoms with Crippen molar-refractivity contribution in [1.29, 1.82) is 0 Å². The maximum absolute atomic E-state index is 12.4. The fourth-order valence-electron chi connectivity index (χ4n) is 2.34. The van der Waals surface area contributed by atoms with Crippen molar-refractivity contribution in [3.63, 3.8) is 0 Å². The Morgan fingerprint density at radius 1 is 0.963 bits per heavy atom. The smallest absolute Gasteiger partial charge is 0.257 e. The molecule has 0 aliphatic rings. The Hall–Kier alpha value is -2.70. The lowest BCUT2D eigenvalue weighted by molar-refractivity contribution is 0.0977. The number of halogens is 1. The monoisotopic (exact) mass is 440 g/mol. The second-order valence-electron chi connectivity index (χ2n) is 5.72. The van der Waals surface area contributed by atoms with Gasteiger partial charge in [-0.1, -0.05) is 52.3 Å². The summed E-state index contributed by atoms with van der Waals surface area (Å²) >= 11 is 8.58. The quantitative estimate of drug-likeness (QED) is 0.538. The van der Waals surface area contributed by atoms with Crippen LogP contribution in [0.1, 0.15) is 15.9 Å².